The fraction of sp³-hybridized carbons (Fsp3) is 0.440. The normalized spacial score (nSPS) is 19.2. The molecule has 1 N–H and O–H groups in total. The lowest BCUT2D eigenvalue weighted by molar-refractivity contribution is 0.0730. The molecule has 2 aliphatic rings. The van der Waals surface area contributed by atoms with E-state index < -0.39 is 10.0 Å². The molecule has 1 atom stereocenters. The highest BCUT2D eigenvalue weighted by Crippen LogP contribution is 2.25. The summed E-state index contributed by atoms with van der Waals surface area (Å²) in [6.07, 6.45) is 1.44. The average Bonchev–Trinajstić information content (AvgIpc) is 3.24. The number of Topliss-reactive ketones (excluding diaryl/α,β-unsaturated/α-hetero) is 1. The molecule has 0 saturated carbocycles. The highest BCUT2D eigenvalue weighted by Gasteiger charge is 2.30. The predicted molar refractivity (Wildman–Crippen MR) is 134 cm³/mol. The minimum atomic E-state index is -3.56. The second kappa shape index (κ2) is 9.69. The second-order valence-electron chi connectivity index (χ2n) is 9.10. The smallest absolute Gasteiger partial charge is 0.244 e. The first-order valence-electron chi connectivity index (χ1n) is 12.0. The number of pyridine rings is 1. The number of ketones is 1. The van der Waals surface area contributed by atoms with E-state index in [1.807, 2.05) is 38.1 Å². The number of rotatable bonds is 6. The van der Waals surface area contributed by atoms with E-state index in [-0.39, 0.29) is 16.7 Å². The molecule has 0 amide bonds. The number of fused-ring (bicyclic) bond motifs is 1. The number of aryl methyl sites for hydroxylation is 1. The molecule has 35 heavy (non-hydrogen) atoms. The van der Waals surface area contributed by atoms with Gasteiger partial charge in [-0.3, -0.25) is 9.69 Å². The monoisotopic (exact) mass is 497 g/mol. The molecule has 1 unspecified atom stereocenters. The van der Waals surface area contributed by atoms with Crippen LogP contribution in [0.1, 0.15) is 23.0 Å². The van der Waals surface area contributed by atoms with Gasteiger partial charge in [0, 0.05) is 67.6 Å². The van der Waals surface area contributed by atoms with Gasteiger partial charge in [0.2, 0.25) is 10.0 Å². The Morgan fingerprint density at radius 1 is 1.03 bits per heavy atom. The zero-order chi connectivity index (χ0) is 24.6. The lowest BCUT2D eigenvalue weighted by Crippen LogP contribution is -2.52. The number of nitrogens with zero attached hydrogens (tertiary/aromatic N) is 4. The van der Waals surface area contributed by atoms with Gasteiger partial charge in [-0.1, -0.05) is 18.2 Å². The maximum absolute atomic E-state index is 13.4. The Morgan fingerprint density at radius 3 is 2.43 bits per heavy atom. The molecule has 9 nitrogen and oxygen atoms in total. The molecule has 10 heteroatoms. The molecule has 4 heterocycles. The van der Waals surface area contributed by atoms with Gasteiger partial charge in [-0.15, -0.1) is 0 Å². The van der Waals surface area contributed by atoms with Crippen molar-refractivity contribution in [3.05, 3.63) is 53.9 Å². The van der Waals surface area contributed by atoms with Gasteiger partial charge in [-0.05, 0) is 32.0 Å². The summed E-state index contributed by atoms with van der Waals surface area (Å²) in [5.41, 5.74) is 2.66. The van der Waals surface area contributed by atoms with Gasteiger partial charge < -0.3 is 14.6 Å². The standard InChI is InChI=1S/C25H31N5O4S/c1-18-24(21-5-3-4-6-22(21)27-18)25(31)19(2)28-9-11-29(12-10-28)23-8-7-20(17-26-23)35(32,33)30-13-15-34-16-14-30/h3-8,17,19,27H,9-16H2,1-2H3. The molecule has 0 spiro atoms. The molecule has 2 saturated heterocycles. The minimum Gasteiger partial charge on any atom is -0.379 e. The van der Waals surface area contributed by atoms with Gasteiger partial charge in [-0.25, -0.2) is 13.4 Å². The highest BCUT2D eigenvalue weighted by atomic mass is 32.2. The third kappa shape index (κ3) is 4.58. The molecule has 1 aromatic carbocycles. The number of ether oxygens (including phenoxy) is 1. The van der Waals surface area contributed by atoms with Crippen LogP contribution in [0.2, 0.25) is 0 Å². The Labute approximate surface area is 205 Å². The van der Waals surface area contributed by atoms with Crippen LogP contribution in [0.4, 0.5) is 5.82 Å². The lowest BCUT2D eigenvalue weighted by atomic mass is 10.0. The molecule has 2 fully saturated rings. The van der Waals surface area contributed by atoms with E-state index in [4.69, 9.17) is 4.74 Å². The number of aromatic nitrogens is 2. The van der Waals surface area contributed by atoms with Crippen molar-refractivity contribution >= 4 is 32.5 Å². The first-order valence-corrected chi connectivity index (χ1v) is 13.4. The number of hydrogen-bond donors (Lipinski definition) is 1. The molecule has 3 aromatic rings. The molecule has 5 rings (SSSR count). The molecule has 0 bridgehead atoms. The van der Waals surface area contributed by atoms with Gasteiger partial charge >= 0.3 is 0 Å². The van der Waals surface area contributed by atoms with E-state index in [1.165, 1.54) is 10.5 Å². The van der Waals surface area contributed by atoms with Crippen molar-refractivity contribution in [2.45, 2.75) is 24.8 Å². The fourth-order valence-electron chi connectivity index (χ4n) is 4.96. The minimum absolute atomic E-state index is 0.129. The maximum atomic E-state index is 13.4. The Bertz CT molecular complexity index is 1310. The van der Waals surface area contributed by atoms with Gasteiger partial charge in [-0.2, -0.15) is 4.31 Å². The fourth-order valence-corrected chi connectivity index (χ4v) is 6.31. The molecule has 2 aliphatic heterocycles. The molecule has 186 valence electrons. The van der Waals surface area contributed by atoms with Crippen molar-refractivity contribution in [3.63, 3.8) is 0 Å². The summed E-state index contributed by atoms with van der Waals surface area (Å²) in [4.78, 5) is 25.7. The van der Waals surface area contributed by atoms with Crippen LogP contribution in [0.15, 0.2) is 47.5 Å². The van der Waals surface area contributed by atoms with Crippen molar-refractivity contribution in [1.82, 2.24) is 19.2 Å². The summed E-state index contributed by atoms with van der Waals surface area (Å²) in [6.45, 7) is 8.36. The quantitative estimate of drug-likeness (QED) is 0.522. The van der Waals surface area contributed by atoms with Crippen molar-refractivity contribution in [2.75, 3.05) is 57.4 Å². The highest BCUT2D eigenvalue weighted by molar-refractivity contribution is 7.89. The van der Waals surface area contributed by atoms with Gasteiger partial charge in [0.05, 0.1) is 19.3 Å². The molecular weight excluding hydrogens is 466 g/mol. The molecule has 0 radical (unpaired) electrons. The van der Waals surface area contributed by atoms with Crippen LogP contribution in [0.3, 0.4) is 0 Å². The average molecular weight is 498 g/mol. The Hall–Kier alpha value is -2.79. The number of nitrogens with one attached hydrogen (secondary N) is 1. The van der Waals surface area contributed by atoms with E-state index in [2.05, 4.69) is 19.8 Å². The van der Waals surface area contributed by atoms with Gasteiger partial charge in [0.25, 0.3) is 0 Å². The van der Waals surface area contributed by atoms with Crippen LogP contribution in [-0.4, -0.2) is 91.9 Å². The number of H-pyrrole nitrogens is 1. The third-order valence-electron chi connectivity index (χ3n) is 7.03. The van der Waals surface area contributed by atoms with Crippen molar-refractivity contribution in [1.29, 1.82) is 0 Å². The van der Waals surface area contributed by atoms with E-state index in [0.717, 1.165) is 41.1 Å². The van der Waals surface area contributed by atoms with Crippen LogP contribution in [-0.2, 0) is 14.8 Å². The van der Waals surface area contributed by atoms with Crippen LogP contribution >= 0.6 is 0 Å². The van der Waals surface area contributed by atoms with Crippen molar-refractivity contribution < 1.29 is 17.9 Å². The van der Waals surface area contributed by atoms with Crippen molar-refractivity contribution in [2.24, 2.45) is 0 Å². The molecular formula is C25H31N5O4S. The number of carbonyl (C=O) groups excluding carboxylic acids is 1. The van der Waals surface area contributed by atoms with Crippen molar-refractivity contribution in [3.8, 4) is 0 Å². The Morgan fingerprint density at radius 2 is 1.74 bits per heavy atom. The topological polar surface area (TPSA) is 98.8 Å². The summed E-state index contributed by atoms with van der Waals surface area (Å²) in [5.74, 6) is 0.876. The number of hydrogen-bond acceptors (Lipinski definition) is 7. The number of aromatic amines is 1. The zero-order valence-electron chi connectivity index (χ0n) is 20.1. The van der Waals surface area contributed by atoms with E-state index in [0.29, 0.717) is 39.4 Å². The maximum Gasteiger partial charge on any atom is 0.244 e. The van der Waals surface area contributed by atoms with Crippen LogP contribution in [0.5, 0.6) is 0 Å². The summed E-state index contributed by atoms with van der Waals surface area (Å²) < 4.78 is 32.4. The number of morpholine rings is 1. The summed E-state index contributed by atoms with van der Waals surface area (Å²) in [5, 5.41) is 0.969. The lowest BCUT2D eigenvalue weighted by Gasteiger charge is -2.38. The number of carbonyl (C=O) groups is 1. The number of para-hydroxylation sites is 1. The van der Waals surface area contributed by atoms with Crippen LogP contribution in [0.25, 0.3) is 10.9 Å². The van der Waals surface area contributed by atoms with Crippen LogP contribution < -0.4 is 4.90 Å². The second-order valence-corrected chi connectivity index (χ2v) is 11.0. The van der Waals surface area contributed by atoms with Gasteiger partial charge in [0.15, 0.2) is 5.78 Å². The largest absolute Gasteiger partial charge is 0.379 e. The number of anilines is 1. The zero-order valence-corrected chi connectivity index (χ0v) is 20.9. The predicted octanol–water partition coefficient (Wildman–Crippen LogP) is 2.29. The number of sulfonamides is 1. The summed E-state index contributed by atoms with van der Waals surface area (Å²) in [6, 6.07) is 11.1. The number of benzene rings is 1. The van der Waals surface area contributed by atoms with Gasteiger partial charge in [0.1, 0.15) is 10.7 Å². The summed E-state index contributed by atoms with van der Waals surface area (Å²) >= 11 is 0. The van der Waals surface area contributed by atoms with E-state index in [9.17, 15) is 13.2 Å². The third-order valence-corrected chi connectivity index (χ3v) is 8.92. The summed E-state index contributed by atoms with van der Waals surface area (Å²) in [7, 11) is -3.56. The SMILES string of the molecule is Cc1[nH]c2ccccc2c1C(=O)C(C)N1CCN(c2ccc(S(=O)(=O)N3CCOCC3)cn2)CC1. The van der Waals surface area contributed by atoms with Crippen LogP contribution in [0, 0.1) is 6.92 Å². The Kier molecular flexibility index (Phi) is 6.63. The first kappa shape index (κ1) is 23.9. The van der Waals surface area contributed by atoms with E-state index in [1.54, 1.807) is 12.1 Å². The van der Waals surface area contributed by atoms with E-state index >= 15 is 0 Å². The Balaban J connectivity index is 1.23. The first-order chi connectivity index (χ1) is 16.9. The molecule has 0 aliphatic carbocycles. The molecule has 2 aromatic heterocycles. The number of piperazine rings is 1.